The number of hydrogen-bond acceptors (Lipinski definition) is 4. The summed E-state index contributed by atoms with van der Waals surface area (Å²) in [6.07, 6.45) is -0.804. The Morgan fingerprint density at radius 2 is 1.83 bits per heavy atom. The fourth-order valence-corrected chi connectivity index (χ4v) is 2.72. The first-order valence-corrected chi connectivity index (χ1v) is 7.50. The van der Waals surface area contributed by atoms with Crippen LogP contribution in [-0.2, 0) is 33.0 Å². The molecule has 6 nitrogen and oxygen atoms in total. The van der Waals surface area contributed by atoms with Gasteiger partial charge in [-0.1, -0.05) is 54.6 Å². The molecule has 0 fully saturated rings. The summed E-state index contributed by atoms with van der Waals surface area (Å²) in [6, 6.07) is 16.2. The molecule has 2 N–H and O–H groups in total. The first-order valence-electron chi connectivity index (χ1n) is 7.50. The molecule has 2 aromatic carbocycles. The van der Waals surface area contributed by atoms with Crippen molar-refractivity contribution in [2.45, 2.75) is 18.8 Å². The maximum absolute atomic E-state index is 12.2. The van der Waals surface area contributed by atoms with Crippen LogP contribution in [0.15, 0.2) is 54.6 Å². The van der Waals surface area contributed by atoms with Gasteiger partial charge in [0.1, 0.15) is 6.61 Å². The van der Waals surface area contributed by atoms with Crippen LogP contribution in [0.25, 0.3) is 0 Å². The molecule has 1 aliphatic heterocycles. The summed E-state index contributed by atoms with van der Waals surface area (Å²) in [7, 11) is 0. The SMILES string of the molecule is O=C(NC1(C(=O)O)COCc2ccccc21)OCc1ccccc1. The van der Waals surface area contributed by atoms with E-state index in [-0.39, 0.29) is 13.2 Å². The molecule has 1 aliphatic rings. The lowest BCUT2D eigenvalue weighted by Gasteiger charge is -2.35. The van der Waals surface area contributed by atoms with E-state index < -0.39 is 17.6 Å². The highest BCUT2D eigenvalue weighted by molar-refractivity contribution is 5.86. The van der Waals surface area contributed by atoms with Crippen molar-refractivity contribution >= 4 is 12.1 Å². The Hall–Kier alpha value is -2.86. The quantitative estimate of drug-likeness (QED) is 0.901. The molecule has 6 heteroatoms. The normalized spacial score (nSPS) is 19.2. The summed E-state index contributed by atoms with van der Waals surface area (Å²) < 4.78 is 10.5. The van der Waals surface area contributed by atoms with E-state index in [0.717, 1.165) is 11.1 Å². The number of aliphatic carboxylic acids is 1. The van der Waals surface area contributed by atoms with E-state index in [2.05, 4.69) is 5.32 Å². The van der Waals surface area contributed by atoms with Crippen molar-refractivity contribution < 1.29 is 24.2 Å². The van der Waals surface area contributed by atoms with Gasteiger partial charge >= 0.3 is 12.1 Å². The van der Waals surface area contributed by atoms with Crippen LogP contribution in [0.4, 0.5) is 4.79 Å². The van der Waals surface area contributed by atoms with Gasteiger partial charge in [0.15, 0.2) is 5.54 Å². The smallest absolute Gasteiger partial charge is 0.408 e. The molecule has 0 saturated carbocycles. The number of fused-ring (bicyclic) bond motifs is 1. The number of hydrogen-bond donors (Lipinski definition) is 2. The van der Waals surface area contributed by atoms with Gasteiger partial charge in [-0.05, 0) is 16.7 Å². The number of ether oxygens (including phenoxy) is 2. The van der Waals surface area contributed by atoms with Crippen molar-refractivity contribution in [3.8, 4) is 0 Å². The second-order valence-corrected chi connectivity index (χ2v) is 5.55. The maximum Gasteiger partial charge on any atom is 0.408 e. The van der Waals surface area contributed by atoms with Crippen LogP contribution in [0.3, 0.4) is 0 Å². The van der Waals surface area contributed by atoms with Crippen molar-refractivity contribution in [2.75, 3.05) is 6.61 Å². The summed E-state index contributed by atoms with van der Waals surface area (Å²) in [6.45, 7) is 0.219. The third kappa shape index (κ3) is 3.09. The minimum absolute atomic E-state index is 0.0604. The minimum Gasteiger partial charge on any atom is -0.479 e. The fourth-order valence-electron chi connectivity index (χ4n) is 2.72. The van der Waals surface area contributed by atoms with Crippen LogP contribution in [0.2, 0.25) is 0 Å². The third-order valence-corrected chi connectivity index (χ3v) is 3.95. The van der Waals surface area contributed by atoms with Crippen molar-refractivity contribution in [3.63, 3.8) is 0 Å². The van der Waals surface area contributed by atoms with Gasteiger partial charge in [-0.15, -0.1) is 0 Å². The molecule has 1 amide bonds. The zero-order valence-corrected chi connectivity index (χ0v) is 12.9. The summed E-state index contributed by atoms with van der Waals surface area (Å²) >= 11 is 0. The number of amides is 1. The number of nitrogens with one attached hydrogen (secondary N) is 1. The zero-order chi connectivity index (χ0) is 17.0. The number of carbonyl (C=O) groups is 2. The second-order valence-electron chi connectivity index (χ2n) is 5.55. The molecule has 0 aliphatic carbocycles. The van der Waals surface area contributed by atoms with Gasteiger partial charge in [0.25, 0.3) is 0 Å². The van der Waals surface area contributed by atoms with Gasteiger partial charge in [0.2, 0.25) is 0 Å². The van der Waals surface area contributed by atoms with Crippen molar-refractivity contribution in [2.24, 2.45) is 0 Å². The number of carboxylic acid groups (broad SMARTS) is 1. The average molecular weight is 327 g/mol. The lowest BCUT2D eigenvalue weighted by molar-refractivity contribution is -0.149. The Bertz CT molecular complexity index is 746. The first-order chi connectivity index (χ1) is 11.6. The van der Waals surface area contributed by atoms with E-state index in [1.54, 1.807) is 24.3 Å². The van der Waals surface area contributed by atoms with Crippen LogP contribution in [-0.4, -0.2) is 23.8 Å². The van der Waals surface area contributed by atoms with Crippen LogP contribution in [0, 0.1) is 0 Å². The van der Waals surface area contributed by atoms with Gasteiger partial charge in [-0.3, -0.25) is 5.32 Å². The van der Waals surface area contributed by atoms with E-state index >= 15 is 0 Å². The number of carbonyl (C=O) groups excluding carboxylic acids is 1. The molecule has 1 atom stereocenters. The highest BCUT2D eigenvalue weighted by atomic mass is 16.5. The van der Waals surface area contributed by atoms with Gasteiger partial charge in [-0.25, -0.2) is 9.59 Å². The standard InChI is InChI=1S/C18H17NO5/c20-16(21)18(12-23-11-14-8-4-5-9-15(14)18)19-17(22)24-10-13-6-2-1-3-7-13/h1-9H,10-12H2,(H,19,22)(H,20,21). The molecule has 0 spiro atoms. The van der Waals surface area contributed by atoms with Crippen LogP contribution < -0.4 is 5.32 Å². The predicted molar refractivity (Wildman–Crippen MR) is 85.2 cm³/mol. The molecule has 0 bridgehead atoms. The first kappa shape index (κ1) is 16.0. The molecule has 124 valence electrons. The Labute approximate surface area is 139 Å². The largest absolute Gasteiger partial charge is 0.479 e. The second kappa shape index (κ2) is 6.72. The van der Waals surface area contributed by atoms with Crippen LogP contribution >= 0.6 is 0 Å². The fraction of sp³-hybridized carbons (Fsp3) is 0.222. The summed E-state index contributed by atoms with van der Waals surface area (Å²) in [5, 5.41) is 12.2. The Kier molecular flexibility index (Phi) is 4.48. The Morgan fingerprint density at radius 1 is 1.12 bits per heavy atom. The highest BCUT2D eigenvalue weighted by Crippen LogP contribution is 2.31. The molecular formula is C18H17NO5. The molecule has 0 radical (unpaired) electrons. The Morgan fingerprint density at radius 3 is 2.58 bits per heavy atom. The van der Waals surface area contributed by atoms with Gasteiger partial charge in [-0.2, -0.15) is 0 Å². The zero-order valence-electron chi connectivity index (χ0n) is 12.9. The molecule has 0 saturated heterocycles. The topological polar surface area (TPSA) is 84.9 Å². The summed E-state index contributed by atoms with van der Waals surface area (Å²) in [4.78, 5) is 24.1. The van der Waals surface area contributed by atoms with Crippen molar-refractivity contribution in [3.05, 3.63) is 71.3 Å². The number of carboxylic acids is 1. The predicted octanol–water partition coefficient (Wildman–Crippen LogP) is 2.42. The van der Waals surface area contributed by atoms with Gasteiger partial charge < -0.3 is 14.6 Å². The molecule has 0 aromatic heterocycles. The van der Waals surface area contributed by atoms with E-state index in [4.69, 9.17) is 9.47 Å². The molecule has 1 unspecified atom stereocenters. The molecular weight excluding hydrogens is 310 g/mol. The van der Waals surface area contributed by atoms with Gasteiger partial charge in [0, 0.05) is 0 Å². The number of benzene rings is 2. The summed E-state index contributed by atoms with van der Waals surface area (Å²) in [5.74, 6) is -1.19. The molecule has 2 aromatic rings. The van der Waals surface area contributed by atoms with Crippen LogP contribution in [0.1, 0.15) is 16.7 Å². The lowest BCUT2D eigenvalue weighted by Crippen LogP contribution is -2.57. The number of rotatable bonds is 4. The lowest BCUT2D eigenvalue weighted by atomic mass is 9.85. The molecule has 24 heavy (non-hydrogen) atoms. The maximum atomic E-state index is 12.2. The van der Waals surface area contributed by atoms with E-state index in [1.165, 1.54) is 0 Å². The molecule has 1 heterocycles. The summed E-state index contributed by atoms with van der Waals surface area (Å²) in [5.41, 5.74) is 0.412. The monoisotopic (exact) mass is 327 g/mol. The van der Waals surface area contributed by atoms with Crippen molar-refractivity contribution in [1.29, 1.82) is 0 Å². The van der Waals surface area contributed by atoms with E-state index in [0.29, 0.717) is 12.2 Å². The van der Waals surface area contributed by atoms with Crippen molar-refractivity contribution in [1.82, 2.24) is 5.32 Å². The molecule has 3 rings (SSSR count). The Balaban J connectivity index is 1.78. The van der Waals surface area contributed by atoms with E-state index in [1.807, 2.05) is 30.3 Å². The third-order valence-electron chi connectivity index (χ3n) is 3.95. The van der Waals surface area contributed by atoms with E-state index in [9.17, 15) is 14.7 Å². The highest BCUT2D eigenvalue weighted by Gasteiger charge is 2.46. The van der Waals surface area contributed by atoms with Gasteiger partial charge in [0.05, 0.1) is 13.2 Å². The van der Waals surface area contributed by atoms with Crippen LogP contribution in [0.5, 0.6) is 0 Å². The number of alkyl carbamates (subject to hydrolysis) is 1. The minimum atomic E-state index is -1.65. The average Bonchev–Trinajstić information content (AvgIpc) is 2.61.